The Morgan fingerprint density at radius 1 is 0.647 bits per heavy atom. The number of aliphatic hydroxyl groups excluding tert-OH is 1. The Morgan fingerprint density at radius 2 is 1.21 bits per heavy atom. The molecule has 0 aliphatic carbocycles. The van der Waals surface area contributed by atoms with E-state index in [0.29, 0.717) is 22.3 Å². The van der Waals surface area contributed by atoms with Gasteiger partial charge in [-0.05, 0) is 34.4 Å². The van der Waals surface area contributed by atoms with Gasteiger partial charge in [-0.25, -0.2) is 13.2 Å². The maximum atomic E-state index is 14.7. The fraction of sp³-hybridized carbons (Fsp3) is 0.0714. The van der Waals surface area contributed by atoms with Crippen molar-refractivity contribution in [3.63, 3.8) is 0 Å². The molecule has 0 bridgehead atoms. The van der Waals surface area contributed by atoms with Crippen molar-refractivity contribution < 1.29 is 27.4 Å². The molecule has 6 heteroatoms. The van der Waals surface area contributed by atoms with Crippen LogP contribution >= 0.6 is 0 Å². The first-order valence-corrected chi connectivity index (χ1v) is 10.4. The van der Waals surface area contributed by atoms with Crippen LogP contribution < -0.4 is 4.74 Å². The monoisotopic (exact) mass is 464 g/mol. The van der Waals surface area contributed by atoms with E-state index in [1.165, 1.54) is 37.5 Å². The van der Waals surface area contributed by atoms with Crippen LogP contribution in [0, 0.1) is 23.3 Å². The highest BCUT2D eigenvalue weighted by atomic mass is 19.2. The molecule has 0 spiro atoms. The van der Waals surface area contributed by atoms with E-state index in [0.717, 1.165) is 0 Å². The van der Waals surface area contributed by atoms with Crippen LogP contribution in [0.5, 0.6) is 5.75 Å². The topological polar surface area (TPSA) is 29.5 Å². The lowest BCUT2D eigenvalue weighted by Gasteiger charge is -2.08. The molecule has 4 aromatic rings. The Labute approximate surface area is 194 Å². The normalized spacial score (nSPS) is 11.2. The summed E-state index contributed by atoms with van der Waals surface area (Å²) < 4.78 is 62.5. The summed E-state index contributed by atoms with van der Waals surface area (Å²) in [5, 5.41) is 9.12. The summed E-state index contributed by atoms with van der Waals surface area (Å²) in [5.41, 5.74) is 2.59. The molecule has 2 nitrogen and oxygen atoms in total. The smallest absolute Gasteiger partial charge is 0.201 e. The number of halogens is 4. The SMILES string of the molecule is COc1ccc(-c2ccc(C=Cc3ccc(-c4ccc(CO)cc4)c(F)c3F)cc2)c(F)c1F. The fourth-order valence-corrected chi connectivity index (χ4v) is 3.58. The molecular weight excluding hydrogens is 444 g/mol. The van der Waals surface area contributed by atoms with E-state index in [1.54, 1.807) is 54.6 Å². The van der Waals surface area contributed by atoms with Crippen LogP contribution in [0.1, 0.15) is 16.7 Å². The first kappa shape index (κ1) is 23.3. The van der Waals surface area contributed by atoms with Crippen LogP contribution in [0.4, 0.5) is 17.6 Å². The van der Waals surface area contributed by atoms with Gasteiger partial charge in [-0.15, -0.1) is 0 Å². The Hall–Kier alpha value is -3.90. The molecule has 0 aliphatic rings. The van der Waals surface area contributed by atoms with E-state index in [1.807, 2.05) is 0 Å². The molecule has 0 amide bonds. The number of hydrogen-bond donors (Lipinski definition) is 1. The molecule has 0 radical (unpaired) electrons. The third-order valence-electron chi connectivity index (χ3n) is 5.50. The van der Waals surface area contributed by atoms with Gasteiger partial charge in [-0.2, -0.15) is 4.39 Å². The molecule has 1 N–H and O–H groups in total. The van der Waals surface area contributed by atoms with Crippen molar-refractivity contribution in [3.8, 4) is 28.0 Å². The van der Waals surface area contributed by atoms with Crippen LogP contribution in [-0.4, -0.2) is 12.2 Å². The largest absolute Gasteiger partial charge is 0.494 e. The minimum Gasteiger partial charge on any atom is -0.494 e. The van der Waals surface area contributed by atoms with Gasteiger partial charge < -0.3 is 9.84 Å². The van der Waals surface area contributed by atoms with Gasteiger partial charge in [-0.3, -0.25) is 0 Å². The first-order valence-electron chi connectivity index (χ1n) is 10.4. The number of ether oxygens (including phenoxy) is 1. The summed E-state index contributed by atoms with van der Waals surface area (Å²) in [6, 6.07) is 18.9. The Balaban J connectivity index is 1.56. The second kappa shape index (κ2) is 9.93. The molecule has 0 fully saturated rings. The zero-order valence-electron chi connectivity index (χ0n) is 18.2. The van der Waals surface area contributed by atoms with E-state index in [4.69, 9.17) is 9.84 Å². The average molecular weight is 464 g/mol. The molecule has 0 aromatic heterocycles. The van der Waals surface area contributed by atoms with Gasteiger partial charge in [0.05, 0.1) is 13.7 Å². The third-order valence-corrected chi connectivity index (χ3v) is 5.50. The van der Waals surface area contributed by atoms with E-state index < -0.39 is 23.3 Å². The Bertz CT molecular complexity index is 1340. The second-order valence-electron chi connectivity index (χ2n) is 7.58. The summed E-state index contributed by atoms with van der Waals surface area (Å²) in [4.78, 5) is 0. The average Bonchev–Trinajstić information content (AvgIpc) is 2.87. The zero-order valence-corrected chi connectivity index (χ0v) is 18.2. The molecule has 0 aliphatic heterocycles. The van der Waals surface area contributed by atoms with Gasteiger partial charge in [0.2, 0.25) is 5.82 Å². The predicted molar refractivity (Wildman–Crippen MR) is 125 cm³/mol. The van der Waals surface area contributed by atoms with Crippen molar-refractivity contribution in [2.75, 3.05) is 7.11 Å². The summed E-state index contributed by atoms with van der Waals surface area (Å²) in [6.07, 6.45) is 3.04. The standard InChI is InChI=1S/C28H20F4O2/c1-34-24-15-14-23(27(31)28(24)32)19-7-2-17(3-8-19)4-11-21-12-13-22(26(30)25(21)29)20-9-5-18(16-33)6-10-20/h2-15,33H,16H2,1H3. The minimum absolute atomic E-state index is 0.0700. The molecule has 172 valence electrons. The molecule has 0 heterocycles. The molecule has 0 atom stereocenters. The zero-order chi connectivity index (χ0) is 24.2. The third kappa shape index (κ3) is 4.58. The fourth-order valence-electron chi connectivity index (χ4n) is 3.58. The lowest BCUT2D eigenvalue weighted by atomic mass is 10.00. The van der Waals surface area contributed by atoms with Crippen molar-refractivity contribution >= 4 is 12.2 Å². The highest BCUT2D eigenvalue weighted by Gasteiger charge is 2.15. The molecule has 4 aromatic carbocycles. The lowest BCUT2D eigenvalue weighted by molar-refractivity contribution is 0.282. The number of aliphatic hydroxyl groups is 1. The van der Waals surface area contributed by atoms with E-state index >= 15 is 0 Å². The maximum absolute atomic E-state index is 14.7. The first-order chi connectivity index (χ1) is 16.4. The van der Waals surface area contributed by atoms with E-state index in [2.05, 4.69) is 0 Å². The molecule has 0 saturated carbocycles. The van der Waals surface area contributed by atoms with Gasteiger partial charge in [0.25, 0.3) is 0 Å². The van der Waals surface area contributed by atoms with Crippen molar-refractivity contribution in [3.05, 3.63) is 113 Å². The summed E-state index contributed by atoms with van der Waals surface area (Å²) in [6.45, 7) is -0.131. The molecule has 0 unspecified atom stereocenters. The van der Waals surface area contributed by atoms with Crippen molar-refractivity contribution in [2.24, 2.45) is 0 Å². The van der Waals surface area contributed by atoms with Crippen LogP contribution in [0.25, 0.3) is 34.4 Å². The van der Waals surface area contributed by atoms with Gasteiger partial charge in [0, 0.05) is 16.7 Å². The number of benzene rings is 4. The maximum Gasteiger partial charge on any atom is 0.201 e. The highest BCUT2D eigenvalue weighted by molar-refractivity contribution is 5.74. The van der Waals surface area contributed by atoms with Gasteiger partial charge in [0.1, 0.15) is 0 Å². The van der Waals surface area contributed by atoms with Gasteiger partial charge in [-0.1, -0.05) is 72.8 Å². The van der Waals surface area contributed by atoms with Crippen LogP contribution in [0.3, 0.4) is 0 Å². The molecule has 4 rings (SSSR count). The van der Waals surface area contributed by atoms with Crippen LogP contribution in [0.15, 0.2) is 72.8 Å². The van der Waals surface area contributed by atoms with E-state index in [9.17, 15) is 17.6 Å². The highest BCUT2D eigenvalue weighted by Crippen LogP contribution is 2.31. The molecule has 34 heavy (non-hydrogen) atoms. The Kier molecular flexibility index (Phi) is 6.80. The Morgan fingerprint density at radius 3 is 1.79 bits per heavy atom. The summed E-state index contributed by atoms with van der Waals surface area (Å²) in [5.74, 6) is -4.19. The summed E-state index contributed by atoms with van der Waals surface area (Å²) in [7, 11) is 1.26. The number of methoxy groups -OCH3 is 1. The quantitative estimate of drug-likeness (QED) is 0.241. The van der Waals surface area contributed by atoms with Crippen molar-refractivity contribution in [1.29, 1.82) is 0 Å². The van der Waals surface area contributed by atoms with Gasteiger partial charge >= 0.3 is 0 Å². The van der Waals surface area contributed by atoms with Gasteiger partial charge in [0.15, 0.2) is 23.2 Å². The van der Waals surface area contributed by atoms with Crippen molar-refractivity contribution in [2.45, 2.75) is 6.61 Å². The van der Waals surface area contributed by atoms with Crippen LogP contribution in [0.2, 0.25) is 0 Å². The van der Waals surface area contributed by atoms with E-state index in [-0.39, 0.29) is 29.0 Å². The predicted octanol–water partition coefficient (Wildman–Crippen LogP) is 7.25. The van der Waals surface area contributed by atoms with Crippen molar-refractivity contribution in [1.82, 2.24) is 0 Å². The molecule has 0 saturated heterocycles. The second-order valence-corrected chi connectivity index (χ2v) is 7.58. The summed E-state index contributed by atoms with van der Waals surface area (Å²) >= 11 is 0. The number of rotatable bonds is 6. The molecular formula is C28H20F4O2. The minimum atomic E-state index is -1.06. The lowest BCUT2D eigenvalue weighted by Crippen LogP contribution is -1.95. The van der Waals surface area contributed by atoms with Crippen LogP contribution in [-0.2, 0) is 6.61 Å². The number of hydrogen-bond acceptors (Lipinski definition) is 2.